The third kappa shape index (κ3) is 2.59. The Morgan fingerprint density at radius 2 is 2.07 bits per heavy atom. The molecule has 1 aromatic rings. The topological polar surface area (TPSA) is 63.9 Å². The highest BCUT2D eigenvalue weighted by molar-refractivity contribution is 5.88. The molecule has 0 bridgehead atoms. The van der Waals surface area contributed by atoms with Gasteiger partial charge in [-0.2, -0.15) is 4.80 Å². The number of nitrogens with zero attached hydrogens (tertiary/aromatic N) is 5. The van der Waals surface area contributed by atoms with Crippen molar-refractivity contribution in [2.75, 3.05) is 14.1 Å². The fourth-order valence-electron chi connectivity index (χ4n) is 1.00. The van der Waals surface area contributed by atoms with Crippen LogP contribution in [0.5, 0.6) is 0 Å². The standard InChI is InChI=1S/C9H17N5O/c1-9(2,13(3)4)7(15)6-8-10-12-14(5)11-8/h6H2,1-5H3. The second-order valence-corrected chi connectivity index (χ2v) is 4.25. The molecule has 0 aliphatic carbocycles. The lowest BCUT2D eigenvalue weighted by atomic mass is 9.95. The second kappa shape index (κ2) is 4.06. The molecule has 0 radical (unpaired) electrons. The molecule has 1 heterocycles. The quantitative estimate of drug-likeness (QED) is 0.682. The Labute approximate surface area is 89.3 Å². The summed E-state index contributed by atoms with van der Waals surface area (Å²) in [5.41, 5.74) is -0.501. The average Bonchev–Trinajstić information content (AvgIpc) is 2.50. The van der Waals surface area contributed by atoms with E-state index in [0.717, 1.165) is 0 Å². The molecule has 0 fully saturated rings. The molecule has 0 saturated heterocycles. The Hall–Kier alpha value is -1.30. The highest BCUT2D eigenvalue weighted by Gasteiger charge is 2.30. The van der Waals surface area contributed by atoms with Gasteiger partial charge in [-0.15, -0.1) is 10.2 Å². The van der Waals surface area contributed by atoms with Crippen LogP contribution in [0.25, 0.3) is 0 Å². The molecule has 1 aromatic heterocycles. The largest absolute Gasteiger partial charge is 0.298 e. The molecule has 0 N–H and O–H groups in total. The lowest BCUT2D eigenvalue weighted by Crippen LogP contribution is -2.46. The van der Waals surface area contributed by atoms with E-state index in [1.807, 2.05) is 32.8 Å². The molecule has 0 amide bonds. The molecule has 6 nitrogen and oxygen atoms in total. The maximum Gasteiger partial charge on any atom is 0.182 e. The van der Waals surface area contributed by atoms with E-state index in [2.05, 4.69) is 15.4 Å². The minimum atomic E-state index is -0.501. The number of Topliss-reactive ketones (excluding diaryl/α,β-unsaturated/α-hetero) is 1. The Bertz CT molecular complexity index is 355. The monoisotopic (exact) mass is 211 g/mol. The van der Waals surface area contributed by atoms with E-state index in [-0.39, 0.29) is 12.2 Å². The number of aryl methyl sites for hydroxylation is 1. The smallest absolute Gasteiger partial charge is 0.182 e. The summed E-state index contributed by atoms with van der Waals surface area (Å²) in [4.78, 5) is 15.2. The van der Waals surface area contributed by atoms with Crippen LogP contribution in [0.15, 0.2) is 0 Å². The summed E-state index contributed by atoms with van der Waals surface area (Å²) < 4.78 is 0. The number of ketones is 1. The van der Waals surface area contributed by atoms with E-state index in [1.165, 1.54) is 4.80 Å². The molecule has 0 spiro atoms. The van der Waals surface area contributed by atoms with Gasteiger partial charge in [-0.3, -0.25) is 9.69 Å². The van der Waals surface area contributed by atoms with Crippen molar-refractivity contribution >= 4 is 5.78 Å². The number of rotatable bonds is 4. The maximum absolute atomic E-state index is 11.9. The first-order valence-electron chi connectivity index (χ1n) is 4.77. The van der Waals surface area contributed by atoms with Crippen molar-refractivity contribution in [3.05, 3.63) is 5.82 Å². The summed E-state index contributed by atoms with van der Waals surface area (Å²) in [6, 6.07) is 0. The zero-order valence-electron chi connectivity index (χ0n) is 9.85. The number of hydrogen-bond acceptors (Lipinski definition) is 5. The van der Waals surface area contributed by atoms with Gasteiger partial charge in [0, 0.05) is 0 Å². The fraction of sp³-hybridized carbons (Fsp3) is 0.778. The zero-order valence-corrected chi connectivity index (χ0v) is 9.85. The van der Waals surface area contributed by atoms with Gasteiger partial charge in [0.25, 0.3) is 0 Å². The first kappa shape index (κ1) is 11.8. The first-order valence-corrected chi connectivity index (χ1v) is 4.77. The number of likely N-dealkylation sites (N-methyl/N-ethyl adjacent to an activating group) is 1. The van der Waals surface area contributed by atoms with Crippen LogP contribution in [0.4, 0.5) is 0 Å². The average molecular weight is 211 g/mol. The molecule has 1 rings (SSSR count). The van der Waals surface area contributed by atoms with Crippen molar-refractivity contribution in [1.29, 1.82) is 0 Å². The van der Waals surface area contributed by atoms with Crippen LogP contribution in [0.3, 0.4) is 0 Å². The molecule has 0 aromatic carbocycles. The predicted molar refractivity (Wildman–Crippen MR) is 55.3 cm³/mol. The maximum atomic E-state index is 11.9. The third-order valence-electron chi connectivity index (χ3n) is 2.67. The summed E-state index contributed by atoms with van der Waals surface area (Å²) in [5.74, 6) is 0.554. The highest BCUT2D eigenvalue weighted by atomic mass is 16.1. The van der Waals surface area contributed by atoms with Crippen LogP contribution in [-0.2, 0) is 18.3 Å². The zero-order chi connectivity index (χ0) is 11.6. The summed E-state index contributed by atoms with van der Waals surface area (Å²) in [5, 5.41) is 11.5. The van der Waals surface area contributed by atoms with Crippen molar-refractivity contribution < 1.29 is 4.79 Å². The van der Waals surface area contributed by atoms with E-state index in [1.54, 1.807) is 7.05 Å². The van der Waals surface area contributed by atoms with Gasteiger partial charge in [0.2, 0.25) is 0 Å². The Balaban J connectivity index is 2.71. The van der Waals surface area contributed by atoms with Crippen LogP contribution < -0.4 is 0 Å². The minimum Gasteiger partial charge on any atom is -0.298 e. The van der Waals surface area contributed by atoms with Gasteiger partial charge in [-0.25, -0.2) is 0 Å². The molecular weight excluding hydrogens is 194 g/mol. The van der Waals surface area contributed by atoms with Gasteiger partial charge in [0.05, 0.1) is 19.0 Å². The molecular formula is C9H17N5O. The molecule has 0 aliphatic rings. The van der Waals surface area contributed by atoms with E-state index >= 15 is 0 Å². The van der Waals surface area contributed by atoms with Crippen molar-refractivity contribution in [1.82, 2.24) is 25.1 Å². The summed E-state index contributed by atoms with van der Waals surface area (Å²) in [6.45, 7) is 3.76. The molecule has 0 unspecified atom stereocenters. The van der Waals surface area contributed by atoms with E-state index in [0.29, 0.717) is 5.82 Å². The highest BCUT2D eigenvalue weighted by Crippen LogP contribution is 2.13. The van der Waals surface area contributed by atoms with Crippen molar-refractivity contribution in [2.24, 2.45) is 7.05 Å². The SMILES string of the molecule is CN(C)C(C)(C)C(=O)Cc1nnn(C)n1. The number of hydrogen-bond donors (Lipinski definition) is 0. The van der Waals surface area contributed by atoms with Crippen LogP contribution >= 0.6 is 0 Å². The van der Waals surface area contributed by atoms with Crippen molar-refractivity contribution in [3.63, 3.8) is 0 Å². The van der Waals surface area contributed by atoms with Gasteiger partial charge < -0.3 is 0 Å². The summed E-state index contributed by atoms with van der Waals surface area (Å²) >= 11 is 0. The van der Waals surface area contributed by atoms with E-state index < -0.39 is 5.54 Å². The van der Waals surface area contributed by atoms with Gasteiger partial charge in [-0.1, -0.05) is 0 Å². The second-order valence-electron chi connectivity index (χ2n) is 4.25. The van der Waals surface area contributed by atoms with Crippen molar-refractivity contribution in [3.8, 4) is 0 Å². The van der Waals surface area contributed by atoms with Crippen molar-refractivity contribution in [2.45, 2.75) is 25.8 Å². The normalized spacial score (nSPS) is 12.1. The Morgan fingerprint density at radius 1 is 1.47 bits per heavy atom. The number of carbonyl (C=O) groups excluding carboxylic acids is 1. The van der Waals surface area contributed by atoms with E-state index in [4.69, 9.17) is 0 Å². The van der Waals surface area contributed by atoms with Crippen LogP contribution in [0.2, 0.25) is 0 Å². The van der Waals surface area contributed by atoms with Crippen LogP contribution in [0.1, 0.15) is 19.7 Å². The molecule has 84 valence electrons. The minimum absolute atomic E-state index is 0.0838. The summed E-state index contributed by atoms with van der Waals surface area (Å²) in [6.07, 6.45) is 0.221. The molecule has 15 heavy (non-hydrogen) atoms. The lowest BCUT2D eigenvalue weighted by molar-refractivity contribution is -0.127. The lowest BCUT2D eigenvalue weighted by Gasteiger charge is -2.30. The molecule has 0 saturated carbocycles. The van der Waals surface area contributed by atoms with Gasteiger partial charge in [0.15, 0.2) is 11.6 Å². The summed E-state index contributed by atoms with van der Waals surface area (Å²) in [7, 11) is 5.43. The predicted octanol–water partition coefficient (Wildman–Crippen LogP) is -0.338. The van der Waals surface area contributed by atoms with Gasteiger partial charge >= 0.3 is 0 Å². The molecule has 0 atom stereocenters. The number of aromatic nitrogens is 4. The number of carbonyl (C=O) groups is 1. The van der Waals surface area contributed by atoms with E-state index in [9.17, 15) is 4.79 Å². The third-order valence-corrected chi connectivity index (χ3v) is 2.67. The Morgan fingerprint density at radius 3 is 2.47 bits per heavy atom. The van der Waals surface area contributed by atoms with Gasteiger partial charge in [-0.05, 0) is 33.2 Å². The Kier molecular flexibility index (Phi) is 3.18. The number of tetrazole rings is 1. The first-order chi connectivity index (χ1) is 6.84. The van der Waals surface area contributed by atoms with Gasteiger partial charge in [0.1, 0.15) is 0 Å². The fourth-order valence-corrected chi connectivity index (χ4v) is 1.00. The van der Waals surface area contributed by atoms with Crippen LogP contribution in [-0.4, -0.2) is 50.5 Å². The van der Waals surface area contributed by atoms with Crippen LogP contribution in [0, 0.1) is 0 Å². The molecule has 6 heteroatoms. The molecule has 0 aliphatic heterocycles.